The van der Waals surface area contributed by atoms with Crippen LogP contribution in [0.25, 0.3) is 0 Å². The van der Waals surface area contributed by atoms with Crippen molar-refractivity contribution in [2.24, 2.45) is 5.73 Å². The lowest BCUT2D eigenvalue weighted by Gasteiger charge is -2.07. The van der Waals surface area contributed by atoms with Gasteiger partial charge in [0.2, 0.25) is 10.0 Å². The molecule has 0 radical (unpaired) electrons. The van der Waals surface area contributed by atoms with E-state index in [-0.39, 0.29) is 17.3 Å². The number of hydrogen-bond acceptors (Lipinski definition) is 4. The summed E-state index contributed by atoms with van der Waals surface area (Å²) in [6, 6.07) is 5.78. The van der Waals surface area contributed by atoms with Crippen molar-refractivity contribution in [2.45, 2.75) is 17.7 Å². The van der Waals surface area contributed by atoms with Gasteiger partial charge >= 0.3 is 0 Å². The first kappa shape index (κ1) is 17.4. The zero-order chi connectivity index (χ0) is 15.7. The van der Waals surface area contributed by atoms with Gasteiger partial charge in [-0.3, -0.25) is 4.79 Å². The lowest BCUT2D eigenvalue weighted by Crippen LogP contribution is -2.25. The SMILES string of the molecule is C=CCNS(=O)(=O)c1ccc(C(=O)NCCCCN)cc1. The summed E-state index contributed by atoms with van der Waals surface area (Å²) in [5.74, 6) is -0.227. The Morgan fingerprint density at radius 2 is 1.90 bits per heavy atom. The highest BCUT2D eigenvalue weighted by Crippen LogP contribution is 2.10. The Morgan fingerprint density at radius 3 is 2.48 bits per heavy atom. The van der Waals surface area contributed by atoms with Gasteiger partial charge in [-0.25, -0.2) is 13.1 Å². The van der Waals surface area contributed by atoms with E-state index in [0.29, 0.717) is 18.7 Å². The average molecular weight is 311 g/mol. The van der Waals surface area contributed by atoms with E-state index in [4.69, 9.17) is 5.73 Å². The second-order valence-corrected chi connectivity index (χ2v) is 6.18. The zero-order valence-electron chi connectivity index (χ0n) is 11.8. The third-order valence-corrected chi connectivity index (χ3v) is 4.20. The Labute approximate surface area is 125 Å². The molecule has 0 heterocycles. The van der Waals surface area contributed by atoms with Crippen molar-refractivity contribution in [3.8, 4) is 0 Å². The standard InChI is InChI=1S/C14H21N3O3S/c1-2-10-17-21(19,20)13-7-5-12(6-8-13)14(18)16-11-4-3-9-15/h2,5-8,17H,1,3-4,9-11,15H2,(H,16,18). The van der Waals surface area contributed by atoms with Crippen LogP contribution in [0.1, 0.15) is 23.2 Å². The van der Waals surface area contributed by atoms with Crippen molar-refractivity contribution >= 4 is 15.9 Å². The van der Waals surface area contributed by atoms with Crippen molar-refractivity contribution in [3.05, 3.63) is 42.5 Å². The van der Waals surface area contributed by atoms with Crippen LogP contribution in [-0.2, 0) is 10.0 Å². The van der Waals surface area contributed by atoms with E-state index in [1.54, 1.807) is 0 Å². The van der Waals surface area contributed by atoms with Gasteiger partial charge < -0.3 is 11.1 Å². The fourth-order valence-corrected chi connectivity index (χ4v) is 2.61. The number of hydrogen-bond donors (Lipinski definition) is 3. The Kier molecular flexibility index (Phi) is 7.07. The fraction of sp³-hybridized carbons (Fsp3) is 0.357. The number of carbonyl (C=O) groups excluding carboxylic acids is 1. The van der Waals surface area contributed by atoms with Crippen LogP contribution >= 0.6 is 0 Å². The van der Waals surface area contributed by atoms with Crippen molar-refractivity contribution < 1.29 is 13.2 Å². The van der Waals surface area contributed by atoms with E-state index in [9.17, 15) is 13.2 Å². The highest BCUT2D eigenvalue weighted by Gasteiger charge is 2.13. The van der Waals surface area contributed by atoms with Crippen LogP contribution in [0, 0.1) is 0 Å². The van der Waals surface area contributed by atoms with E-state index in [1.807, 2.05) is 0 Å². The summed E-state index contributed by atoms with van der Waals surface area (Å²) in [7, 11) is -3.56. The third-order valence-electron chi connectivity index (χ3n) is 2.76. The molecule has 0 aliphatic heterocycles. The molecule has 0 aliphatic carbocycles. The molecule has 0 unspecified atom stereocenters. The third kappa shape index (κ3) is 5.66. The minimum absolute atomic E-state index is 0.115. The van der Waals surface area contributed by atoms with E-state index >= 15 is 0 Å². The Hall–Kier alpha value is -1.70. The summed E-state index contributed by atoms with van der Waals surface area (Å²) in [5, 5.41) is 2.75. The largest absolute Gasteiger partial charge is 0.352 e. The maximum Gasteiger partial charge on any atom is 0.251 e. The number of sulfonamides is 1. The molecule has 4 N–H and O–H groups in total. The lowest BCUT2D eigenvalue weighted by atomic mass is 10.2. The summed E-state index contributed by atoms with van der Waals surface area (Å²) >= 11 is 0. The normalized spacial score (nSPS) is 11.1. The first-order chi connectivity index (χ1) is 10.0. The van der Waals surface area contributed by atoms with Crippen molar-refractivity contribution in [2.75, 3.05) is 19.6 Å². The first-order valence-corrected chi connectivity index (χ1v) is 8.18. The average Bonchev–Trinajstić information content (AvgIpc) is 2.49. The smallest absolute Gasteiger partial charge is 0.251 e. The van der Waals surface area contributed by atoms with Crippen molar-refractivity contribution in [1.29, 1.82) is 0 Å². The van der Waals surface area contributed by atoms with Crippen molar-refractivity contribution in [1.82, 2.24) is 10.0 Å². The predicted octanol–water partition coefficient (Wildman–Crippen LogP) is 0.620. The number of nitrogens with one attached hydrogen (secondary N) is 2. The first-order valence-electron chi connectivity index (χ1n) is 6.70. The molecule has 1 aromatic rings. The molecule has 6 nitrogen and oxygen atoms in total. The fourth-order valence-electron chi connectivity index (χ4n) is 1.61. The number of carbonyl (C=O) groups is 1. The second-order valence-electron chi connectivity index (χ2n) is 4.42. The maximum absolute atomic E-state index is 11.8. The predicted molar refractivity (Wildman–Crippen MR) is 82.4 cm³/mol. The van der Waals surface area contributed by atoms with Crippen molar-refractivity contribution in [3.63, 3.8) is 0 Å². The molecule has 0 fully saturated rings. The van der Waals surface area contributed by atoms with Crippen LogP contribution in [0.2, 0.25) is 0 Å². The number of nitrogens with two attached hydrogens (primary N) is 1. The van der Waals surface area contributed by atoms with E-state index in [0.717, 1.165) is 12.8 Å². The zero-order valence-corrected chi connectivity index (χ0v) is 12.7. The number of unbranched alkanes of at least 4 members (excludes halogenated alkanes) is 1. The molecule has 0 saturated heterocycles. The molecule has 21 heavy (non-hydrogen) atoms. The molecule has 0 atom stereocenters. The number of benzene rings is 1. The Morgan fingerprint density at radius 1 is 1.24 bits per heavy atom. The molecule has 0 bridgehead atoms. The molecule has 116 valence electrons. The van der Waals surface area contributed by atoms with E-state index < -0.39 is 10.0 Å². The summed E-state index contributed by atoms with van der Waals surface area (Å²) in [4.78, 5) is 11.9. The van der Waals surface area contributed by atoms with Crippen LogP contribution in [0.15, 0.2) is 41.8 Å². The lowest BCUT2D eigenvalue weighted by molar-refractivity contribution is 0.0953. The molecule has 0 aliphatic rings. The van der Waals surface area contributed by atoms with E-state index in [2.05, 4.69) is 16.6 Å². The number of rotatable bonds is 9. The highest BCUT2D eigenvalue weighted by molar-refractivity contribution is 7.89. The quantitative estimate of drug-likeness (QED) is 0.459. The minimum atomic E-state index is -3.56. The topological polar surface area (TPSA) is 101 Å². The summed E-state index contributed by atoms with van der Waals surface area (Å²) in [6.07, 6.45) is 3.13. The summed E-state index contributed by atoms with van der Waals surface area (Å²) in [5.41, 5.74) is 5.79. The second kappa shape index (κ2) is 8.56. The molecule has 1 rings (SSSR count). The van der Waals surface area contributed by atoms with Gasteiger partial charge in [-0.1, -0.05) is 6.08 Å². The molecule has 1 aromatic carbocycles. The maximum atomic E-state index is 11.8. The van der Waals surface area contributed by atoms with Crippen LogP contribution in [0.5, 0.6) is 0 Å². The van der Waals surface area contributed by atoms with Gasteiger partial charge in [0.15, 0.2) is 0 Å². The van der Waals surface area contributed by atoms with Gasteiger partial charge in [0.25, 0.3) is 5.91 Å². The summed E-state index contributed by atoms with van der Waals surface area (Å²) in [6.45, 7) is 4.76. The van der Waals surface area contributed by atoms with Crippen LogP contribution < -0.4 is 15.8 Å². The molecule has 1 amide bonds. The van der Waals surface area contributed by atoms with Crippen LogP contribution in [0.3, 0.4) is 0 Å². The van der Waals surface area contributed by atoms with Gasteiger partial charge in [-0.05, 0) is 43.7 Å². The molecular weight excluding hydrogens is 290 g/mol. The molecular formula is C14H21N3O3S. The highest BCUT2D eigenvalue weighted by atomic mass is 32.2. The van der Waals surface area contributed by atoms with Gasteiger partial charge in [0.1, 0.15) is 0 Å². The number of amides is 1. The Balaban J connectivity index is 2.65. The minimum Gasteiger partial charge on any atom is -0.352 e. The molecule has 0 spiro atoms. The molecule has 0 saturated carbocycles. The van der Waals surface area contributed by atoms with Crippen LogP contribution in [0.4, 0.5) is 0 Å². The summed E-state index contributed by atoms with van der Waals surface area (Å²) < 4.78 is 26.1. The van der Waals surface area contributed by atoms with Gasteiger partial charge in [0, 0.05) is 18.7 Å². The Bertz CT molecular complexity index is 568. The van der Waals surface area contributed by atoms with Gasteiger partial charge in [-0.15, -0.1) is 6.58 Å². The van der Waals surface area contributed by atoms with Gasteiger partial charge in [0.05, 0.1) is 4.90 Å². The molecule has 7 heteroatoms. The van der Waals surface area contributed by atoms with E-state index in [1.165, 1.54) is 30.3 Å². The van der Waals surface area contributed by atoms with Crippen LogP contribution in [-0.4, -0.2) is 34.0 Å². The van der Waals surface area contributed by atoms with Gasteiger partial charge in [-0.2, -0.15) is 0 Å². The molecule has 0 aromatic heterocycles. The monoisotopic (exact) mass is 311 g/mol.